The first kappa shape index (κ1) is 16.4. The molecule has 126 valence electrons. The van der Waals surface area contributed by atoms with Crippen molar-refractivity contribution in [2.75, 3.05) is 6.54 Å². The molecule has 0 aliphatic heterocycles. The second-order valence-electron chi connectivity index (χ2n) is 5.58. The summed E-state index contributed by atoms with van der Waals surface area (Å²) in [4.78, 5) is 16.6. The van der Waals surface area contributed by atoms with Gasteiger partial charge in [-0.15, -0.1) is 11.3 Å². The minimum absolute atomic E-state index is 0.104. The van der Waals surface area contributed by atoms with Gasteiger partial charge in [0.2, 0.25) is 0 Å². The van der Waals surface area contributed by atoms with Crippen LogP contribution in [0.15, 0.2) is 43.0 Å². The van der Waals surface area contributed by atoms with Crippen LogP contribution in [0.5, 0.6) is 0 Å². The van der Waals surface area contributed by atoms with Crippen molar-refractivity contribution in [3.05, 3.63) is 47.9 Å². The number of aromatic nitrogens is 3. The van der Waals surface area contributed by atoms with E-state index < -0.39 is 6.10 Å². The number of carbonyl (C=O) groups is 1. The third-order valence-corrected chi connectivity index (χ3v) is 4.75. The monoisotopic (exact) mass is 345 g/mol. The molecule has 0 radical (unpaired) electrons. The van der Waals surface area contributed by atoms with Gasteiger partial charge in [0.15, 0.2) is 0 Å². The number of nitrogens with zero attached hydrogens (tertiary/aromatic N) is 3. The summed E-state index contributed by atoms with van der Waals surface area (Å²) >= 11 is 1.53. The number of carbonyl (C=O) groups excluding carboxylic acids is 1. The molecule has 0 bridgehead atoms. The Labute approximate surface area is 143 Å². The molecule has 1 aromatic carbocycles. The van der Waals surface area contributed by atoms with Crippen molar-refractivity contribution < 1.29 is 9.90 Å². The highest BCUT2D eigenvalue weighted by atomic mass is 32.1. The second kappa shape index (κ2) is 7.41. The van der Waals surface area contributed by atoms with Crippen LogP contribution in [-0.2, 0) is 6.54 Å². The summed E-state index contributed by atoms with van der Waals surface area (Å²) in [5, 5.41) is 20.9. The van der Waals surface area contributed by atoms with Gasteiger partial charge in [0.05, 0.1) is 13.1 Å². The highest BCUT2D eigenvalue weighted by Crippen LogP contribution is 2.29. The molecule has 0 saturated heterocycles. The van der Waals surface area contributed by atoms with Gasteiger partial charge in [-0.05, 0) is 24.4 Å². The molecule has 2 amide bonds. The molecule has 0 spiro atoms. The molecule has 7 nitrogen and oxygen atoms in total. The van der Waals surface area contributed by atoms with Crippen molar-refractivity contribution in [2.45, 2.75) is 25.6 Å². The molecule has 2 unspecified atom stereocenters. The normalized spacial score (nSPS) is 13.6. The predicted molar refractivity (Wildman–Crippen MR) is 92.8 cm³/mol. The Kier molecular flexibility index (Phi) is 5.07. The number of fused-ring (bicyclic) bond motifs is 1. The van der Waals surface area contributed by atoms with Crippen LogP contribution in [-0.4, -0.2) is 38.5 Å². The SMILES string of the molecule is CC(Cn1cncn1)NC(=O)NCC(O)c1cc2ccccc2s1. The molecule has 3 aromatic rings. The summed E-state index contributed by atoms with van der Waals surface area (Å²) in [7, 11) is 0. The molecular weight excluding hydrogens is 326 g/mol. The first-order chi connectivity index (χ1) is 11.6. The minimum atomic E-state index is -0.723. The predicted octanol–water partition coefficient (Wildman–Crippen LogP) is 1.91. The fourth-order valence-electron chi connectivity index (χ4n) is 2.38. The van der Waals surface area contributed by atoms with Crippen LogP contribution in [0.2, 0.25) is 0 Å². The number of urea groups is 1. The van der Waals surface area contributed by atoms with E-state index >= 15 is 0 Å². The van der Waals surface area contributed by atoms with Gasteiger partial charge in [-0.25, -0.2) is 9.78 Å². The zero-order chi connectivity index (χ0) is 16.9. The average molecular weight is 345 g/mol. The number of nitrogens with one attached hydrogen (secondary N) is 2. The van der Waals surface area contributed by atoms with Gasteiger partial charge in [-0.2, -0.15) is 5.10 Å². The van der Waals surface area contributed by atoms with Gasteiger partial charge in [-0.1, -0.05) is 18.2 Å². The number of hydrogen-bond acceptors (Lipinski definition) is 5. The van der Waals surface area contributed by atoms with Gasteiger partial charge in [0.25, 0.3) is 0 Å². The zero-order valence-electron chi connectivity index (χ0n) is 13.2. The lowest BCUT2D eigenvalue weighted by molar-refractivity contribution is 0.175. The quantitative estimate of drug-likeness (QED) is 0.636. The number of thiophene rings is 1. The van der Waals surface area contributed by atoms with Crippen molar-refractivity contribution in [3.63, 3.8) is 0 Å². The van der Waals surface area contributed by atoms with E-state index in [1.165, 1.54) is 17.7 Å². The van der Waals surface area contributed by atoms with Gasteiger partial charge >= 0.3 is 6.03 Å². The van der Waals surface area contributed by atoms with Gasteiger partial charge in [-0.3, -0.25) is 4.68 Å². The Morgan fingerprint density at radius 2 is 2.25 bits per heavy atom. The van der Waals surface area contributed by atoms with E-state index in [1.54, 1.807) is 11.0 Å². The maximum atomic E-state index is 11.9. The van der Waals surface area contributed by atoms with Gasteiger partial charge < -0.3 is 15.7 Å². The van der Waals surface area contributed by atoms with E-state index in [1.807, 2.05) is 37.3 Å². The Balaban J connectivity index is 1.48. The Morgan fingerprint density at radius 1 is 1.42 bits per heavy atom. The number of aliphatic hydroxyl groups excluding tert-OH is 1. The van der Waals surface area contributed by atoms with Crippen LogP contribution < -0.4 is 10.6 Å². The maximum absolute atomic E-state index is 11.9. The molecule has 24 heavy (non-hydrogen) atoms. The summed E-state index contributed by atoms with van der Waals surface area (Å²) in [5.74, 6) is 0. The van der Waals surface area contributed by atoms with Crippen LogP contribution in [0.25, 0.3) is 10.1 Å². The van der Waals surface area contributed by atoms with Gasteiger partial charge in [0, 0.05) is 15.6 Å². The minimum Gasteiger partial charge on any atom is -0.386 e. The summed E-state index contributed by atoms with van der Waals surface area (Å²) in [5.41, 5.74) is 0. The standard InChI is InChI=1S/C16H19N5O2S/c1-11(8-21-10-17-9-19-21)20-16(23)18-7-13(22)15-6-12-4-2-3-5-14(12)24-15/h2-6,9-11,13,22H,7-8H2,1H3,(H2,18,20,23). The first-order valence-electron chi connectivity index (χ1n) is 7.65. The van der Waals surface area contributed by atoms with Crippen LogP contribution in [0.3, 0.4) is 0 Å². The number of amides is 2. The van der Waals surface area contributed by atoms with E-state index in [0.29, 0.717) is 6.54 Å². The summed E-state index contributed by atoms with van der Waals surface area (Å²) in [6.45, 7) is 2.57. The molecule has 3 rings (SSSR count). The zero-order valence-corrected chi connectivity index (χ0v) is 14.0. The Bertz CT molecular complexity index is 769. The number of hydrogen-bond donors (Lipinski definition) is 3. The van der Waals surface area contributed by atoms with Crippen LogP contribution >= 0.6 is 11.3 Å². The summed E-state index contributed by atoms with van der Waals surface area (Å²) in [6, 6.07) is 9.49. The molecule has 0 aliphatic rings. The first-order valence-corrected chi connectivity index (χ1v) is 8.47. The molecule has 2 atom stereocenters. The Morgan fingerprint density at radius 3 is 3.00 bits per heavy atom. The van der Waals surface area contributed by atoms with Crippen molar-refractivity contribution in [2.24, 2.45) is 0 Å². The largest absolute Gasteiger partial charge is 0.386 e. The van der Waals surface area contributed by atoms with E-state index in [2.05, 4.69) is 20.7 Å². The highest BCUT2D eigenvalue weighted by molar-refractivity contribution is 7.19. The van der Waals surface area contributed by atoms with E-state index in [4.69, 9.17) is 0 Å². The van der Waals surface area contributed by atoms with Crippen molar-refractivity contribution in [1.82, 2.24) is 25.4 Å². The summed E-state index contributed by atoms with van der Waals surface area (Å²) < 4.78 is 2.77. The lowest BCUT2D eigenvalue weighted by atomic mass is 10.2. The molecule has 0 saturated carbocycles. The number of benzene rings is 1. The third kappa shape index (κ3) is 4.09. The third-order valence-electron chi connectivity index (χ3n) is 3.53. The fraction of sp³-hybridized carbons (Fsp3) is 0.312. The van der Waals surface area contributed by atoms with Crippen molar-refractivity contribution in [3.8, 4) is 0 Å². The fourth-order valence-corrected chi connectivity index (χ4v) is 3.44. The molecular formula is C16H19N5O2S. The number of rotatable bonds is 6. The Hall–Kier alpha value is -2.45. The molecule has 2 aromatic heterocycles. The molecule has 3 N–H and O–H groups in total. The van der Waals surface area contributed by atoms with Gasteiger partial charge in [0.1, 0.15) is 18.8 Å². The van der Waals surface area contributed by atoms with E-state index in [-0.39, 0.29) is 18.6 Å². The van der Waals surface area contributed by atoms with Crippen LogP contribution in [0.4, 0.5) is 4.79 Å². The highest BCUT2D eigenvalue weighted by Gasteiger charge is 2.14. The maximum Gasteiger partial charge on any atom is 0.315 e. The lowest BCUT2D eigenvalue weighted by Gasteiger charge is -2.15. The summed E-state index contributed by atoms with van der Waals surface area (Å²) in [6.07, 6.45) is 2.33. The number of aliphatic hydroxyl groups is 1. The van der Waals surface area contributed by atoms with Crippen LogP contribution in [0.1, 0.15) is 17.9 Å². The van der Waals surface area contributed by atoms with Crippen molar-refractivity contribution >= 4 is 27.5 Å². The second-order valence-corrected chi connectivity index (χ2v) is 6.69. The van der Waals surface area contributed by atoms with Crippen molar-refractivity contribution in [1.29, 1.82) is 0 Å². The average Bonchev–Trinajstić information content (AvgIpc) is 3.21. The molecule has 0 fully saturated rings. The topological polar surface area (TPSA) is 92.1 Å². The lowest BCUT2D eigenvalue weighted by Crippen LogP contribution is -2.43. The van der Waals surface area contributed by atoms with E-state index in [9.17, 15) is 9.90 Å². The molecule has 2 heterocycles. The smallest absolute Gasteiger partial charge is 0.315 e. The van der Waals surface area contributed by atoms with Crippen LogP contribution in [0, 0.1) is 0 Å². The van der Waals surface area contributed by atoms with E-state index in [0.717, 1.165) is 15.0 Å². The molecule has 8 heteroatoms. The molecule has 0 aliphatic carbocycles.